The van der Waals surface area contributed by atoms with Crippen LogP contribution in [0.1, 0.15) is 10.5 Å². The summed E-state index contributed by atoms with van der Waals surface area (Å²) in [7, 11) is 0. The Labute approximate surface area is 135 Å². The number of thiazole rings is 1. The maximum absolute atomic E-state index is 12.2. The van der Waals surface area contributed by atoms with Gasteiger partial charge in [-0.2, -0.15) is 0 Å². The number of carbonyl (C=O) groups is 1. The molecule has 0 saturated heterocycles. The Morgan fingerprint density at radius 3 is 2.73 bits per heavy atom. The van der Waals surface area contributed by atoms with E-state index in [1.807, 2.05) is 30.5 Å². The van der Waals surface area contributed by atoms with Gasteiger partial charge in [-0.25, -0.2) is 4.98 Å². The minimum Gasteiger partial charge on any atom is -0.321 e. The normalized spacial score (nSPS) is 10.4. The van der Waals surface area contributed by atoms with Gasteiger partial charge in [-0.3, -0.25) is 14.8 Å². The topological polar surface area (TPSA) is 67.8 Å². The van der Waals surface area contributed by atoms with Crippen LogP contribution in [0.2, 0.25) is 0 Å². The third-order valence-electron chi connectivity index (χ3n) is 2.87. The summed E-state index contributed by atoms with van der Waals surface area (Å²) < 4.78 is 0. The van der Waals surface area contributed by atoms with E-state index >= 15 is 0 Å². The zero-order valence-corrected chi connectivity index (χ0v) is 13.3. The van der Waals surface area contributed by atoms with Gasteiger partial charge in [-0.15, -0.1) is 23.1 Å². The van der Waals surface area contributed by atoms with Crippen LogP contribution in [0.4, 0.5) is 5.69 Å². The van der Waals surface area contributed by atoms with Crippen LogP contribution in [0.3, 0.4) is 0 Å². The fraction of sp³-hybridized carbons (Fsp3) is 0.0667. The van der Waals surface area contributed by atoms with Gasteiger partial charge in [0.1, 0.15) is 16.4 Å². The minimum atomic E-state index is -0.233. The summed E-state index contributed by atoms with van der Waals surface area (Å²) in [5, 5.41) is 5.23. The van der Waals surface area contributed by atoms with Gasteiger partial charge in [-0.1, -0.05) is 0 Å². The molecule has 0 fully saturated rings. The molecule has 0 aliphatic rings. The number of nitrogens with zero attached hydrogens (tertiary/aromatic N) is 3. The molecule has 110 valence electrons. The molecule has 0 saturated carbocycles. The largest absolute Gasteiger partial charge is 0.321 e. The van der Waals surface area contributed by atoms with E-state index in [9.17, 15) is 4.79 Å². The highest BCUT2D eigenvalue weighted by Gasteiger charge is 2.12. The van der Waals surface area contributed by atoms with Gasteiger partial charge in [0.25, 0.3) is 5.91 Å². The van der Waals surface area contributed by atoms with E-state index in [1.165, 1.54) is 11.3 Å². The average molecular weight is 328 g/mol. The number of rotatable bonds is 4. The molecule has 5 nitrogen and oxygen atoms in total. The Bertz CT molecular complexity index is 772. The first-order valence-corrected chi connectivity index (χ1v) is 8.54. The van der Waals surface area contributed by atoms with Gasteiger partial charge in [-0.05, 0) is 30.5 Å². The summed E-state index contributed by atoms with van der Waals surface area (Å²) in [4.78, 5) is 25.8. The fourth-order valence-electron chi connectivity index (χ4n) is 1.77. The van der Waals surface area contributed by atoms with Gasteiger partial charge in [0.15, 0.2) is 0 Å². The molecule has 2 heterocycles. The lowest BCUT2D eigenvalue weighted by atomic mass is 10.3. The molecule has 0 atom stereocenters. The van der Waals surface area contributed by atoms with Gasteiger partial charge >= 0.3 is 0 Å². The molecule has 0 aliphatic heterocycles. The summed E-state index contributed by atoms with van der Waals surface area (Å²) in [6, 6.07) is 7.68. The highest BCUT2D eigenvalue weighted by Crippen LogP contribution is 2.22. The molecule has 2 aromatic heterocycles. The first kappa shape index (κ1) is 14.7. The molecule has 3 rings (SSSR count). The second-order valence-corrected chi connectivity index (χ2v) is 6.05. The second-order valence-electron chi connectivity index (χ2n) is 4.31. The zero-order chi connectivity index (χ0) is 15.4. The molecule has 0 aliphatic carbocycles. The Balaban J connectivity index is 1.74. The van der Waals surface area contributed by atoms with Crippen LogP contribution >= 0.6 is 23.1 Å². The Hall–Kier alpha value is -2.25. The lowest BCUT2D eigenvalue weighted by molar-refractivity contribution is 0.102. The van der Waals surface area contributed by atoms with Gasteiger partial charge in [0.2, 0.25) is 0 Å². The molecule has 0 radical (unpaired) electrons. The van der Waals surface area contributed by atoms with E-state index in [0.717, 1.165) is 10.6 Å². The van der Waals surface area contributed by atoms with Crippen LogP contribution < -0.4 is 5.32 Å². The van der Waals surface area contributed by atoms with E-state index in [2.05, 4.69) is 20.3 Å². The lowest BCUT2D eigenvalue weighted by Gasteiger charge is -2.03. The number of amides is 1. The number of carbonyl (C=O) groups excluding carboxylic acids is 1. The Kier molecular flexibility index (Phi) is 4.45. The second kappa shape index (κ2) is 6.67. The third kappa shape index (κ3) is 3.32. The monoisotopic (exact) mass is 328 g/mol. The number of thioether (sulfide) groups is 1. The first-order valence-electron chi connectivity index (χ1n) is 6.43. The number of hydrogen-bond acceptors (Lipinski definition) is 6. The molecule has 1 aromatic carbocycles. The Morgan fingerprint density at radius 1 is 1.23 bits per heavy atom. The van der Waals surface area contributed by atoms with Crippen molar-refractivity contribution in [2.75, 3.05) is 11.6 Å². The lowest BCUT2D eigenvalue weighted by Crippen LogP contribution is -2.12. The number of anilines is 1. The maximum Gasteiger partial charge on any atom is 0.275 e. The number of nitrogens with one attached hydrogen (secondary N) is 1. The maximum atomic E-state index is 12.2. The minimum absolute atomic E-state index is 0.233. The van der Waals surface area contributed by atoms with Gasteiger partial charge in [0, 0.05) is 28.4 Å². The molecule has 0 spiro atoms. The standard InChI is InChI=1S/C15H12N4OS2/c1-21-11-4-2-10(3-5-11)18-14(20)13-9-22-15(19-13)12-8-16-6-7-17-12/h2-9H,1H3,(H,18,20). The van der Waals surface area contributed by atoms with Gasteiger partial charge < -0.3 is 5.32 Å². The van der Waals surface area contributed by atoms with E-state index in [4.69, 9.17) is 0 Å². The van der Waals surface area contributed by atoms with Crippen molar-refractivity contribution in [3.05, 3.63) is 53.9 Å². The first-order chi connectivity index (χ1) is 10.8. The predicted octanol–water partition coefficient (Wildman–Crippen LogP) is 3.57. The van der Waals surface area contributed by atoms with E-state index in [-0.39, 0.29) is 5.91 Å². The molecule has 3 aromatic rings. The molecule has 1 amide bonds. The van der Waals surface area contributed by atoms with Gasteiger partial charge in [0.05, 0.1) is 6.20 Å². The van der Waals surface area contributed by atoms with Crippen LogP contribution in [-0.4, -0.2) is 27.1 Å². The molecule has 0 bridgehead atoms. The zero-order valence-electron chi connectivity index (χ0n) is 11.7. The number of aromatic nitrogens is 3. The number of hydrogen-bond donors (Lipinski definition) is 1. The van der Waals surface area contributed by atoms with Crippen molar-refractivity contribution in [2.45, 2.75) is 4.90 Å². The van der Waals surface area contributed by atoms with Crippen molar-refractivity contribution in [1.82, 2.24) is 15.0 Å². The summed E-state index contributed by atoms with van der Waals surface area (Å²) in [5.74, 6) is -0.233. The molecule has 1 N–H and O–H groups in total. The smallest absolute Gasteiger partial charge is 0.275 e. The summed E-state index contributed by atoms with van der Waals surface area (Å²) in [5.41, 5.74) is 1.78. The third-order valence-corrected chi connectivity index (χ3v) is 4.48. The molecule has 22 heavy (non-hydrogen) atoms. The highest BCUT2D eigenvalue weighted by molar-refractivity contribution is 7.98. The number of benzene rings is 1. The molecular weight excluding hydrogens is 316 g/mol. The van der Waals surface area contributed by atoms with Crippen LogP contribution in [0.5, 0.6) is 0 Å². The van der Waals surface area contributed by atoms with Crippen molar-refractivity contribution in [3.63, 3.8) is 0 Å². The summed E-state index contributed by atoms with van der Waals surface area (Å²) in [6.07, 6.45) is 6.84. The Morgan fingerprint density at radius 2 is 2.05 bits per heavy atom. The van der Waals surface area contributed by atoms with Crippen LogP contribution in [0.25, 0.3) is 10.7 Å². The van der Waals surface area contributed by atoms with Crippen molar-refractivity contribution < 1.29 is 4.79 Å². The van der Waals surface area contributed by atoms with Crippen LogP contribution in [-0.2, 0) is 0 Å². The average Bonchev–Trinajstić information content (AvgIpc) is 3.06. The summed E-state index contributed by atoms with van der Waals surface area (Å²) in [6.45, 7) is 0. The van der Waals surface area contributed by atoms with Crippen molar-refractivity contribution in [1.29, 1.82) is 0 Å². The summed E-state index contributed by atoms with van der Waals surface area (Å²) >= 11 is 3.03. The van der Waals surface area contributed by atoms with E-state index < -0.39 is 0 Å². The molecule has 7 heteroatoms. The van der Waals surface area contributed by atoms with Crippen molar-refractivity contribution in [2.24, 2.45) is 0 Å². The molecule has 0 unspecified atom stereocenters. The van der Waals surface area contributed by atoms with Crippen molar-refractivity contribution in [3.8, 4) is 10.7 Å². The van der Waals surface area contributed by atoms with Crippen molar-refractivity contribution >= 4 is 34.7 Å². The fourth-order valence-corrected chi connectivity index (χ4v) is 2.94. The SMILES string of the molecule is CSc1ccc(NC(=O)c2csc(-c3cnccn3)n2)cc1. The van der Waals surface area contributed by atoms with Crippen LogP contribution in [0, 0.1) is 0 Å². The van der Waals surface area contributed by atoms with E-state index in [0.29, 0.717) is 16.4 Å². The molecular formula is C15H12N4OS2. The highest BCUT2D eigenvalue weighted by atomic mass is 32.2. The van der Waals surface area contributed by atoms with E-state index in [1.54, 1.807) is 35.7 Å². The quantitative estimate of drug-likeness (QED) is 0.742. The predicted molar refractivity (Wildman–Crippen MR) is 89.3 cm³/mol. The van der Waals surface area contributed by atoms with Crippen LogP contribution in [0.15, 0.2) is 53.1 Å².